The molecule has 1 heterocycles. The Labute approximate surface area is 125 Å². The Hall–Kier alpha value is -1.43. The summed E-state index contributed by atoms with van der Waals surface area (Å²) in [5.74, 6) is -0.0332. The van der Waals surface area contributed by atoms with Gasteiger partial charge in [-0.25, -0.2) is 0 Å². The Bertz CT molecular complexity index is 504. The Kier molecular flexibility index (Phi) is 5.33. The predicted octanol–water partition coefficient (Wildman–Crippen LogP) is 1.32. The van der Waals surface area contributed by atoms with Gasteiger partial charge in [0.2, 0.25) is 5.91 Å². The van der Waals surface area contributed by atoms with Crippen LogP contribution in [0.3, 0.4) is 0 Å². The van der Waals surface area contributed by atoms with Crippen LogP contribution in [0.25, 0.3) is 0 Å². The normalized spacial score (nSPS) is 23.0. The molecule has 1 saturated heterocycles. The average Bonchev–Trinajstić information content (AvgIpc) is 2.46. The molecule has 1 aliphatic rings. The van der Waals surface area contributed by atoms with Crippen molar-refractivity contribution in [2.24, 2.45) is 0 Å². The molecule has 0 bridgehead atoms. The molecule has 2 unspecified atom stereocenters. The van der Waals surface area contributed by atoms with E-state index in [1.54, 1.807) is 0 Å². The third-order valence-electron chi connectivity index (χ3n) is 4.06. The van der Waals surface area contributed by atoms with Crippen LogP contribution in [0.15, 0.2) is 18.2 Å². The van der Waals surface area contributed by atoms with Crippen molar-refractivity contribution in [1.82, 2.24) is 4.90 Å². The summed E-state index contributed by atoms with van der Waals surface area (Å²) in [7, 11) is 0. The summed E-state index contributed by atoms with van der Waals surface area (Å²) in [6, 6.07) is 6.06. The van der Waals surface area contributed by atoms with Crippen molar-refractivity contribution in [2.45, 2.75) is 32.9 Å². The SMILES string of the molecule is Cc1cccc(NC(=O)CN2CC(CO)OCC2C)c1C. The van der Waals surface area contributed by atoms with Gasteiger partial charge in [-0.15, -0.1) is 0 Å². The Morgan fingerprint density at radius 3 is 2.95 bits per heavy atom. The van der Waals surface area contributed by atoms with Crippen LogP contribution in [-0.2, 0) is 9.53 Å². The minimum absolute atomic E-state index is 0.0121. The molecular formula is C16H24N2O3. The summed E-state index contributed by atoms with van der Waals surface area (Å²) in [6.45, 7) is 7.49. The van der Waals surface area contributed by atoms with Crippen LogP contribution >= 0.6 is 0 Å². The van der Waals surface area contributed by atoms with Crippen LogP contribution in [-0.4, -0.2) is 54.4 Å². The number of aryl methyl sites for hydroxylation is 1. The number of amides is 1. The first-order valence-electron chi connectivity index (χ1n) is 7.34. The molecule has 0 radical (unpaired) electrons. The summed E-state index contributed by atoms with van der Waals surface area (Å²) in [5.41, 5.74) is 3.11. The van der Waals surface area contributed by atoms with E-state index < -0.39 is 0 Å². The van der Waals surface area contributed by atoms with Gasteiger partial charge in [0.25, 0.3) is 0 Å². The number of hydrogen-bond donors (Lipinski definition) is 2. The topological polar surface area (TPSA) is 61.8 Å². The fourth-order valence-electron chi connectivity index (χ4n) is 2.47. The Morgan fingerprint density at radius 2 is 2.24 bits per heavy atom. The van der Waals surface area contributed by atoms with Crippen molar-refractivity contribution < 1.29 is 14.6 Å². The van der Waals surface area contributed by atoms with Gasteiger partial charge in [0.1, 0.15) is 0 Å². The third kappa shape index (κ3) is 4.03. The first-order valence-corrected chi connectivity index (χ1v) is 7.34. The van der Waals surface area contributed by atoms with E-state index in [1.807, 2.05) is 43.9 Å². The van der Waals surface area contributed by atoms with E-state index in [9.17, 15) is 9.90 Å². The molecule has 0 aliphatic carbocycles. The van der Waals surface area contributed by atoms with Gasteiger partial charge in [0.05, 0.1) is 25.9 Å². The number of nitrogens with one attached hydrogen (secondary N) is 1. The molecule has 2 rings (SSSR count). The molecule has 2 atom stereocenters. The van der Waals surface area contributed by atoms with Gasteiger partial charge in [-0.1, -0.05) is 12.1 Å². The highest BCUT2D eigenvalue weighted by Gasteiger charge is 2.27. The standard InChI is InChI=1S/C16H24N2O3/c1-11-5-4-6-15(13(11)3)17-16(20)8-18-7-14(9-19)21-10-12(18)2/h4-6,12,14,19H,7-10H2,1-3H3,(H,17,20). The van der Waals surface area contributed by atoms with Crippen LogP contribution in [0, 0.1) is 13.8 Å². The maximum absolute atomic E-state index is 12.2. The number of hydrogen-bond acceptors (Lipinski definition) is 4. The van der Waals surface area contributed by atoms with Crippen LogP contribution in [0.5, 0.6) is 0 Å². The zero-order valence-corrected chi connectivity index (χ0v) is 12.9. The predicted molar refractivity (Wildman–Crippen MR) is 82.4 cm³/mol. The molecule has 1 aromatic carbocycles. The van der Waals surface area contributed by atoms with Gasteiger partial charge in [-0.3, -0.25) is 9.69 Å². The van der Waals surface area contributed by atoms with Crippen LogP contribution in [0.2, 0.25) is 0 Å². The molecule has 1 aliphatic heterocycles. The lowest BCUT2D eigenvalue weighted by Gasteiger charge is -2.36. The Balaban J connectivity index is 1.96. The number of carbonyl (C=O) groups is 1. The molecular weight excluding hydrogens is 268 g/mol. The number of rotatable bonds is 4. The number of aliphatic hydroxyl groups excluding tert-OH is 1. The van der Waals surface area contributed by atoms with Gasteiger partial charge in [0.15, 0.2) is 0 Å². The molecule has 2 N–H and O–H groups in total. The molecule has 1 amide bonds. The monoisotopic (exact) mass is 292 g/mol. The van der Waals surface area contributed by atoms with E-state index in [1.165, 1.54) is 0 Å². The molecule has 21 heavy (non-hydrogen) atoms. The van der Waals surface area contributed by atoms with Gasteiger partial charge < -0.3 is 15.2 Å². The van der Waals surface area contributed by atoms with Gasteiger partial charge >= 0.3 is 0 Å². The summed E-state index contributed by atoms with van der Waals surface area (Å²) in [4.78, 5) is 14.3. The van der Waals surface area contributed by atoms with Gasteiger partial charge in [-0.05, 0) is 38.0 Å². The summed E-state index contributed by atoms with van der Waals surface area (Å²) >= 11 is 0. The Morgan fingerprint density at radius 1 is 1.48 bits per heavy atom. The highest BCUT2D eigenvalue weighted by atomic mass is 16.5. The maximum Gasteiger partial charge on any atom is 0.238 e. The highest BCUT2D eigenvalue weighted by Crippen LogP contribution is 2.18. The van der Waals surface area contributed by atoms with Gasteiger partial charge in [0, 0.05) is 18.3 Å². The second-order valence-electron chi connectivity index (χ2n) is 5.71. The maximum atomic E-state index is 12.2. The fraction of sp³-hybridized carbons (Fsp3) is 0.562. The quantitative estimate of drug-likeness (QED) is 0.879. The van der Waals surface area contributed by atoms with E-state index >= 15 is 0 Å². The van der Waals surface area contributed by atoms with Crippen molar-refractivity contribution in [1.29, 1.82) is 0 Å². The second kappa shape index (κ2) is 7.02. The summed E-state index contributed by atoms with van der Waals surface area (Å²) < 4.78 is 5.48. The number of anilines is 1. The lowest BCUT2D eigenvalue weighted by Crippen LogP contribution is -2.51. The van der Waals surface area contributed by atoms with E-state index in [0.717, 1.165) is 16.8 Å². The molecule has 1 aromatic rings. The van der Waals surface area contributed by atoms with Crippen LogP contribution in [0.1, 0.15) is 18.1 Å². The zero-order valence-electron chi connectivity index (χ0n) is 12.9. The van der Waals surface area contributed by atoms with E-state index in [2.05, 4.69) is 5.32 Å². The van der Waals surface area contributed by atoms with Crippen molar-refractivity contribution in [3.05, 3.63) is 29.3 Å². The number of carbonyl (C=O) groups excluding carboxylic acids is 1. The van der Waals surface area contributed by atoms with Crippen molar-refractivity contribution in [3.63, 3.8) is 0 Å². The molecule has 0 spiro atoms. The van der Waals surface area contributed by atoms with Crippen molar-refractivity contribution in [3.8, 4) is 0 Å². The lowest BCUT2D eigenvalue weighted by molar-refractivity contribution is -0.122. The fourth-order valence-corrected chi connectivity index (χ4v) is 2.47. The molecule has 0 saturated carbocycles. The van der Waals surface area contributed by atoms with Crippen molar-refractivity contribution in [2.75, 3.05) is 31.6 Å². The first-order chi connectivity index (χ1) is 10.0. The number of nitrogens with zero attached hydrogens (tertiary/aromatic N) is 1. The summed E-state index contributed by atoms with van der Waals surface area (Å²) in [6.07, 6.45) is -0.199. The largest absolute Gasteiger partial charge is 0.394 e. The first kappa shape index (κ1) is 15.9. The molecule has 0 aromatic heterocycles. The van der Waals surface area contributed by atoms with Crippen LogP contribution in [0.4, 0.5) is 5.69 Å². The molecule has 5 heteroatoms. The second-order valence-corrected chi connectivity index (χ2v) is 5.71. The molecule has 5 nitrogen and oxygen atoms in total. The number of benzene rings is 1. The number of aliphatic hydroxyl groups is 1. The van der Waals surface area contributed by atoms with E-state index in [-0.39, 0.29) is 24.7 Å². The highest BCUT2D eigenvalue weighted by molar-refractivity contribution is 5.93. The third-order valence-corrected chi connectivity index (χ3v) is 4.06. The smallest absolute Gasteiger partial charge is 0.238 e. The van der Waals surface area contributed by atoms with E-state index in [0.29, 0.717) is 19.7 Å². The molecule has 1 fully saturated rings. The minimum Gasteiger partial charge on any atom is -0.394 e. The molecule has 116 valence electrons. The summed E-state index contributed by atoms with van der Waals surface area (Å²) in [5, 5.41) is 12.1. The average molecular weight is 292 g/mol. The lowest BCUT2D eigenvalue weighted by atomic mass is 10.1. The number of morpholine rings is 1. The van der Waals surface area contributed by atoms with Crippen LogP contribution < -0.4 is 5.32 Å². The van der Waals surface area contributed by atoms with Gasteiger partial charge in [-0.2, -0.15) is 0 Å². The zero-order chi connectivity index (χ0) is 15.4. The van der Waals surface area contributed by atoms with E-state index in [4.69, 9.17) is 4.74 Å². The number of ether oxygens (including phenoxy) is 1. The van der Waals surface area contributed by atoms with Crippen molar-refractivity contribution >= 4 is 11.6 Å². The minimum atomic E-state index is -0.199.